The predicted octanol–water partition coefficient (Wildman–Crippen LogP) is 2.09. The van der Waals surface area contributed by atoms with Gasteiger partial charge in [-0.1, -0.05) is 0 Å². The van der Waals surface area contributed by atoms with E-state index in [2.05, 4.69) is 15.4 Å². The van der Waals surface area contributed by atoms with Crippen molar-refractivity contribution in [3.63, 3.8) is 0 Å². The van der Waals surface area contributed by atoms with E-state index < -0.39 is 5.91 Å². The van der Waals surface area contributed by atoms with Crippen LogP contribution in [0, 0.1) is 5.21 Å². The fourth-order valence-electron chi connectivity index (χ4n) is 1.47. The molecule has 96 valence electrons. The zero-order valence-corrected chi connectivity index (χ0v) is 10.3. The Hall–Kier alpha value is -2.76. The van der Waals surface area contributed by atoms with Crippen LogP contribution in [0.1, 0.15) is 17.3 Å². The molecule has 0 unspecified atom stereocenters. The standard InChI is InChI=1S/C13H12N4O2/c1-10(11-2-6-14-7-3-11)16-17(19)13(18)12-4-8-15-9-5-12/h2-9,14H,1H3. The molecule has 0 bridgehead atoms. The van der Waals surface area contributed by atoms with E-state index in [0.29, 0.717) is 5.70 Å². The molecular formula is C13H12N4O2. The van der Waals surface area contributed by atoms with E-state index in [9.17, 15) is 10.0 Å². The first-order valence-corrected chi connectivity index (χ1v) is 5.62. The topological polar surface area (TPSA) is 80.4 Å². The van der Waals surface area contributed by atoms with Gasteiger partial charge in [-0.2, -0.15) is 0 Å². The lowest BCUT2D eigenvalue weighted by Crippen LogP contribution is -2.13. The molecule has 0 aliphatic carbocycles. The number of hydrogen-bond acceptors (Lipinski definition) is 5. The summed E-state index contributed by atoms with van der Waals surface area (Å²) in [5.74, 6) is -0.718. The van der Waals surface area contributed by atoms with Crippen LogP contribution in [0.4, 0.5) is 0 Å². The quantitative estimate of drug-likeness (QED) is 0.499. The first-order chi connectivity index (χ1) is 9.18. The average Bonchev–Trinajstić information content (AvgIpc) is 2.48. The molecule has 0 radical (unpaired) electrons. The van der Waals surface area contributed by atoms with Crippen molar-refractivity contribution in [2.45, 2.75) is 6.92 Å². The Kier molecular flexibility index (Phi) is 3.82. The van der Waals surface area contributed by atoms with E-state index in [4.69, 9.17) is 0 Å². The average molecular weight is 256 g/mol. The largest absolute Gasteiger partial charge is 0.591 e. The number of nitrogens with zero attached hydrogens (tertiary/aromatic N) is 3. The van der Waals surface area contributed by atoms with Gasteiger partial charge in [0.15, 0.2) is 0 Å². The molecule has 2 rings (SSSR count). The smallest absolute Gasteiger partial charge is 0.456 e. The van der Waals surface area contributed by atoms with Gasteiger partial charge >= 0.3 is 5.91 Å². The summed E-state index contributed by atoms with van der Waals surface area (Å²) in [4.78, 5) is 15.7. The predicted molar refractivity (Wildman–Crippen MR) is 68.7 cm³/mol. The van der Waals surface area contributed by atoms with Gasteiger partial charge in [-0.05, 0) is 36.1 Å². The van der Waals surface area contributed by atoms with Crippen molar-refractivity contribution in [1.82, 2.24) is 10.3 Å². The van der Waals surface area contributed by atoms with Crippen molar-refractivity contribution < 1.29 is 9.66 Å². The molecule has 0 aromatic carbocycles. The lowest BCUT2D eigenvalue weighted by Gasteiger charge is -2.03. The Morgan fingerprint density at radius 2 is 1.95 bits per heavy atom. The Bertz CT molecular complexity index is 586. The lowest BCUT2D eigenvalue weighted by molar-refractivity contribution is -0.426. The number of hydrogen-bond donors (Lipinski definition) is 1. The molecule has 6 nitrogen and oxygen atoms in total. The molecule has 1 aliphatic heterocycles. The second-order valence-electron chi connectivity index (χ2n) is 3.79. The van der Waals surface area contributed by atoms with Crippen LogP contribution in [-0.2, 0) is 0 Å². The lowest BCUT2D eigenvalue weighted by atomic mass is 10.2. The number of pyridine rings is 1. The van der Waals surface area contributed by atoms with Crippen LogP contribution < -0.4 is 5.32 Å². The Balaban J connectivity index is 2.24. The van der Waals surface area contributed by atoms with Crippen molar-refractivity contribution in [2.75, 3.05) is 0 Å². The number of azo groups is 1. The molecule has 0 saturated carbocycles. The molecule has 1 aliphatic rings. The number of nitrogens with one attached hydrogen (secondary N) is 1. The second-order valence-corrected chi connectivity index (χ2v) is 3.79. The van der Waals surface area contributed by atoms with Gasteiger partial charge in [-0.3, -0.25) is 4.98 Å². The van der Waals surface area contributed by atoms with Gasteiger partial charge < -0.3 is 10.5 Å². The highest BCUT2D eigenvalue weighted by Crippen LogP contribution is 2.11. The maximum Gasteiger partial charge on any atom is 0.456 e. The number of allylic oxidation sites excluding steroid dienone is 4. The van der Waals surface area contributed by atoms with Gasteiger partial charge in [0.2, 0.25) is 0 Å². The van der Waals surface area contributed by atoms with Gasteiger partial charge in [-0.15, -0.1) is 0 Å². The van der Waals surface area contributed by atoms with Crippen molar-refractivity contribution in [2.24, 2.45) is 5.11 Å². The van der Waals surface area contributed by atoms with Gasteiger partial charge in [0.1, 0.15) is 5.70 Å². The van der Waals surface area contributed by atoms with Crippen LogP contribution in [0.2, 0.25) is 0 Å². The fraction of sp³-hybridized carbons (Fsp3) is 0.0769. The highest BCUT2D eigenvalue weighted by atomic mass is 16.5. The van der Waals surface area contributed by atoms with Crippen molar-refractivity contribution in [3.8, 4) is 0 Å². The maximum absolute atomic E-state index is 11.8. The molecule has 1 aromatic rings. The summed E-state index contributed by atoms with van der Waals surface area (Å²) in [5, 5.41) is 18.3. The monoisotopic (exact) mass is 256 g/mol. The van der Waals surface area contributed by atoms with E-state index in [0.717, 1.165) is 5.57 Å². The first-order valence-electron chi connectivity index (χ1n) is 5.62. The molecule has 2 heterocycles. The number of aromatic nitrogens is 1. The summed E-state index contributed by atoms with van der Waals surface area (Å²) in [6.45, 7) is 1.67. The normalized spacial score (nSPS) is 14.2. The zero-order valence-electron chi connectivity index (χ0n) is 10.3. The summed E-state index contributed by atoms with van der Waals surface area (Å²) in [5.41, 5.74) is 1.48. The van der Waals surface area contributed by atoms with Crippen LogP contribution in [0.3, 0.4) is 0 Å². The zero-order chi connectivity index (χ0) is 13.7. The molecule has 0 fully saturated rings. The van der Waals surface area contributed by atoms with E-state index in [1.807, 2.05) is 0 Å². The highest BCUT2D eigenvalue weighted by Gasteiger charge is 2.16. The third-order valence-electron chi connectivity index (χ3n) is 2.48. The first kappa shape index (κ1) is 12.7. The van der Waals surface area contributed by atoms with E-state index >= 15 is 0 Å². The number of amides is 1. The van der Waals surface area contributed by atoms with Crippen LogP contribution in [0.15, 0.2) is 65.5 Å². The number of rotatable bonds is 2. The summed E-state index contributed by atoms with van der Waals surface area (Å²) in [7, 11) is 0. The van der Waals surface area contributed by atoms with Crippen LogP contribution in [-0.4, -0.2) is 15.8 Å². The fourth-order valence-corrected chi connectivity index (χ4v) is 1.47. The summed E-state index contributed by atoms with van der Waals surface area (Å²) in [6, 6.07) is 2.94. The Labute approximate surface area is 110 Å². The Morgan fingerprint density at radius 1 is 1.32 bits per heavy atom. The number of dihydropyridines is 1. The van der Waals surface area contributed by atoms with Crippen molar-refractivity contribution >= 4 is 5.91 Å². The van der Waals surface area contributed by atoms with Crippen molar-refractivity contribution in [1.29, 1.82) is 0 Å². The molecule has 0 spiro atoms. The van der Waals surface area contributed by atoms with E-state index in [1.54, 1.807) is 31.5 Å². The third-order valence-corrected chi connectivity index (χ3v) is 2.48. The second kappa shape index (κ2) is 5.72. The van der Waals surface area contributed by atoms with Crippen LogP contribution >= 0.6 is 0 Å². The van der Waals surface area contributed by atoms with Gasteiger partial charge in [-0.25, -0.2) is 4.79 Å². The molecule has 19 heavy (non-hydrogen) atoms. The van der Waals surface area contributed by atoms with Gasteiger partial charge in [0, 0.05) is 35.5 Å². The highest BCUT2D eigenvalue weighted by molar-refractivity contribution is 5.87. The maximum atomic E-state index is 11.8. The molecule has 1 aromatic heterocycles. The number of carbonyl (C=O) groups excluding carboxylic acids is 1. The molecule has 0 atom stereocenters. The van der Waals surface area contributed by atoms with Crippen molar-refractivity contribution in [3.05, 3.63) is 71.1 Å². The number of carbonyl (C=O) groups is 1. The SMILES string of the molecule is CC(N=[N+]([O-])C(=O)c1ccncc1)=C1C=CNC=C1. The summed E-state index contributed by atoms with van der Waals surface area (Å²) in [6.07, 6.45) is 9.87. The Morgan fingerprint density at radius 3 is 2.58 bits per heavy atom. The summed E-state index contributed by atoms with van der Waals surface area (Å²) < 4.78 is 0. The molecule has 0 saturated heterocycles. The number of hydroxylamine groups is 1. The molecular weight excluding hydrogens is 244 g/mol. The minimum Gasteiger partial charge on any atom is -0.591 e. The third kappa shape index (κ3) is 3.12. The van der Waals surface area contributed by atoms with Crippen LogP contribution in [0.25, 0.3) is 0 Å². The van der Waals surface area contributed by atoms with Gasteiger partial charge in [0.25, 0.3) is 0 Å². The minimum absolute atomic E-state index is 0.0847. The molecule has 1 N–H and O–H groups in total. The van der Waals surface area contributed by atoms with Crippen LogP contribution in [0.5, 0.6) is 0 Å². The minimum atomic E-state index is -0.718. The van der Waals surface area contributed by atoms with E-state index in [-0.39, 0.29) is 10.4 Å². The molecule has 6 heteroatoms. The van der Waals surface area contributed by atoms with Gasteiger partial charge in [0.05, 0.1) is 5.56 Å². The summed E-state index contributed by atoms with van der Waals surface area (Å²) >= 11 is 0. The van der Waals surface area contributed by atoms with E-state index in [1.165, 1.54) is 24.5 Å². The molecule has 1 amide bonds.